The predicted molar refractivity (Wildman–Crippen MR) is 115 cm³/mol. The lowest BCUT2D eigenvalue weighted by molar-refractivity contribution is 0.0165. The maximum absolute atomic E-state index is 6.58. The molecule has 4 heteroatoms. The molecule has 2 nitrogen and oxygen atoms in total. The fraction of sp³-hybridized carbons (Fsp3) is 0.136. The van der Waals surface area contributed by atoms with Crippen LogP contribution in [0.1, 0.15) is 16.7 Å². The fourth-order valence-electron chi connectivity index (χ4n) is 3.13. The van der Waals surface area contributed by atoms with Gasteiger partial charge in [0.05, 0.1) is 6.61 Å². The summed E-state index contributed by atoms with van der Waals surface area (Å²) in [6.07, 6.45) is 0. The molecule has 3 aromatic rings. The van der Waals surface area contributed by atoms with Gasteiger partial charge in [0, 0.05) is 6.54 Å². The third-order valence-corrected chi connectivity index (χ3v) is 4.54. The molecule has 0 aliphatic carbocycles. The monoisotopic (exact) mass is 379 g/mol. The van der Waals surface area contributed by atoms with Crippen molar-refractivity contribution in [3.63, 3.8) is 0 Å². The topological polar surface area (TPSA) is 21.3 Å². The van der Waals surface area contributed by atoms with E-state index in [0.717, 1.165) is 16.7 Å². The van der Waals surface area contributed by atoms with E-state index in [2.05, 4.69) is 54.3 Å². The third-order valence-electron chi connectivity index (χ3n) is 4.24. The lowest BCUT2D eigenvalue weighted by atomic mass is 9.80. The van der Waals surface area contributed by atoms with Crippen molar-refractivity contribution in [3.8, 4) is 0 Å². The molecular weight excluding hydrogens is 358 g/mol. The largest absolute Gasteiger partial charge is 0.369 e. The van der Waals surface area contributed by atoms with Crippen molar-refractivity contribution in [2.45, 2.75) is 5.60 Å². The van der Waals surface area contributed by atoms with Crippen LogP contribution >= 0.6 is 24.8 Å². The van der Waals surface area contributed by atoms with E-state index in [0.29, 0.717) is 17.5 Å². The standard InChI is InChI=1S/C22H21NOS2/c25-21(26)23-16-17-24-22(18-10-4-1-5-11-18,19-12-6-2-7-13-19)20-14-8-3-9-15-20/h1-15H,16-17H2,(H2,23,25,26). The predicted octanol–water partition coefficient (Wildman–Crippen LogP) is 4.80. The summed E-state index contributed by atoms with van der Waals surface area (Å²) in [5.41, 5.74) is 2.58. The van der Waals surface area contributed by atoms with Crippen molar-refractivity contribution in [2.75, 3.05) is 13.2 Å². The molecule has 3 aromatic carbocycles. The second-order valence-corrected chi connectivity index (χ2v) is 7.02. The number of rotatable bonds is 7. The first kappa shape index (κ1) is 18.6. The number of hydrogen-bond donors (Lipinski definition) is 2. The maximum atomic E-state index is 6.58. The molecule has 0 fully saturated rings. The van der Waals surface area contributed by atoms with Gasteiger partial charge in [-0.3, -0.25) is 0 Å². The van der Waals surface area contributed by atoms with Crippen molar-refractivity contribution in [1.29, 1.82) is 0 Å². The van der Waals surface area contributed by atoms with Crippen molar-refractivity contribution in [2.24, 2.45) is 0 Å². The number of hydrogen-bond acceptors (Lipinski definition) is 2. The molecule has 0 atom stereocenters. The van der Waals surface area contributed by atoms with Gasteiger partial charge >= 0.3 is 0 Å². The van der Waals surface area contributed by atoms with Crippen LogP contribution in [0, 0.1) is 0 Å². The van der Waals surface area contributed by atoms with Crippen LogP contribution < -0.4 is 5.32 Å². The Kier molecular flexibility index (Phi) is 6.45. The summed E-state index contributed by atoms with van der Waals surface area (Å²) in [4.78, 5) is 0. The Morgan fingerprint density at radius 1 is 0.769 bits per heavy atom. The first-order chi connectivity index (χ1) is 12.7. The fourth-order valence-corrected chi connectivity index (χ4v) is 3.34. The molecule has 0 radical (unpaired) electrons. The lowest BCUT2D eigenvalue weighted by Gasteiger charge is -2.36. The SMILES string of the molecule is S=C(S)NCCOC(c1ccccc1)(c1ccccc1)c1ccccc1. The van der Waals surface area contributed by atoms with E-state index in [1.54, 1.807) is 0 Å². The molecule has 0 amide bonds. The van der Waals surface area contributed by atoms with E-state index < -0.39 is 5.60 Å². The van der Waals surface area contributed by atoms with Crippen LogP contribution in [-0.4, -0.2) is 17.5 Å². The molecule has 0 spiro atoms. The minimum absolute atomic E-state index is 0.471. The summed E-state index contributed by atoms with van der Waals surface area (Å²) in [6, 6.07) is 31.0. The summed E-state index contributed by atoms with van der Waals surface area (Å²) >= 11 is 9.10. The highest BCUT2D eigenvalue weighted by Gasteiger charge is 2.37. The highest BCUT2D eigenvalue weighted by molar-refractivity contribution is 8.11. The van der Waals surface area contributed by atoms with Gasteiger partial charge in [-0.15, -0.1) is 12.6 Å². The second-order valence-electron chi connectivity index (χ2n) is 5.86. The zero-order valence-electron chi connectivity index (χ0n) is 14.3. The van der Waals surface area contributed by atoms with E-state index >= 15 is 0 Å². The van der Waals surface area contributed by atoms with Crippen molar-refractivity contribution < 1.29 is 4.74 Å². The van der Waals surface area contributed by atoms with Gasteiger partial charge in [-0.2, -0.15) is 0 Å². The van der Waals surface area contributed by atoms with E-state index in [-0.39, 0.29) is 0 Å². The molecular formula is C22H21NOS2. The van der Waals surface area contributed by atoms with Gasteiger partial charge in [0.25, 0.3) is 0 Å². The number of ether oxygens (including phenoxy) is 1. The molecule has 132 valence electrons. The first-order valence-corrected chi connectivity index (χ1v) is 9.36. The Morgan fingerprint density at radius 3 is 1.50 bits per heavy atom. The van der Waals surface area contributed by atoms with Gasteiger partial charge in [0.1, 0.15) is 9.92 Å². The highest BCUT2D eigenvalue weighted by Crippen LogP contribution is 2.40. The molecule has 0 aliphatic heterocycles. The number of thiocarbonyl (C=S) groups is 1. The van der Waals surface area contributed by atoms with Crippen LogP contribution in [0.25, 0.3) is 0 Å². The molecule has 0 bridgehead atoms. The van der Waals surface area contributed by atoms with E-state index in [1.165, 1.54) is 0 Å². The summed E-state index contributed by atoms with van der Waals surface area (Å²) in [5.74, 6) is 0. The third kappa shape index (κ3) is 4.15. The zero-order chi connectivity index (χ0) is 18.2. The Hall–Kier alpha value is -2.14. The molecule has 0 heterocycles. The number of benzene rings is 3. The van der Waals surface area contributed by atoms with Crippen molar-refractivity contribution in [1.82, 2.24) is 5.32 Å². The van der Waals surface area contributed by atoms with Crippen molar-refractivity contribution >= 4 is 29.2 Å². The minimum Gasteiger partial charge on any atom is -0.369 e. The molecule has 0 aromatic heterocycles. The van der Waals surface area contributed by atoms with Crippen LogP contribution in [0.5, 0.6) is 0 Å². The van der Waals surface area contributed by atoms with E-state index in [4.69, 9.17) is 17.0 Å². The average Bonchev–Trinajstić information content (AvgIpc) is 2.70. The van der Waals surface area contributed by atoms with Gasteiger partial charge in [-0.05, 0) is 16.7 Å². The Morgan fingerprint density at radius 2 is 1.15 bits per heavy atom. The molecule has 0 aliphatic rings. The number of thiol groups is 1. The van der Waals surface area contributed by atoms with Gasteiger partial charge in [0.15, 0.2) is 0 Å². The quantitative estimate of drug-likeness (QED) is 0.266. The van der Waals surface area contributed by atoms with E-state index in [9.17, 15) is 0 Å². The van der Waals surface area contributed by atoms with Crippen LogP contribution in [-0.2, 0) is 10.3 Å². The molecule has 1 N–H and O–H groups in total. The summed E-state index contributed by atoms with van der Waals surface area (Å²) in [6.45, 7) is 1.08. The summed E-state index contributed by atoms with van der Waals surface area (Å²) in [5, 5.41) is 3.04. The van der Waals surface area contributed by atoms with Crippen LogP contribution in [0.2, 0.25) is 0 Å². The average molecular weight is 380 g/mol. The van der Waals surface area contributed by atoms with E-state index in [1.807, 2.05) is 54.6 Å². The molecule has 0 saturated carbocycles. The van der Waals surface area contributed by atoms with Crippen LogP contribution in [0.4, 0.5) is 0 Å². The molecule has 3 rings (SSSR count). The van der Waals surface area contributed by atoms with Gasteiger partial charge in [-0.1, -0.05) is 103 Å². The smallest absolute Gasteiger partial charge is 0.143 e. The zero-order valence-corrected chi connectivity index (χ0v) is 16.0. The maximum Gasteiger partial charge on any atom is 0.143 e. The summed E-state index contributed by atoms with van der Waals surface area (Å²) in [7, 11) is 0. The second kappa shape index (κ2) is 8.99. The lowest BCUT2D eigenvalue weighted by Crippen LogP contribution is -2.35. The highest BCUT2D eigenvalue weighted by atomic mass is 32.1. The molecule has 0 saturated heterocycles. The Balaban J connectivity index is 2.10. The molecule has 26 heavy (non-hydrogen) atoms. The van der Waals surface area contributed by atoms with Gasteiger partial charge in [-0.25, -0.2) is 0 Å². The van der Waals surface area contributed by atoms with Gasteiger partial charge in [0.2, 0.25) is 0 Å². The number of nitrogens with one attached hydrogen (secondary N) is 1. The Bertz CT molecular complexity index is 726. The Labute approximate surface area is 165 Å². The molecule has 0 unspecified atom stereocenters. The van der Waals surface area contributed by atoms with Crippen LogP contribution in [0.15, 0.2) is 91.0 Å². The van der Waals surface area contributed by atoms with Crippen LogP contribution in [0.3, 0.4) is 0 Å². The van der Waals surface area contributed by atoms with Crippen molar-refractivity contribution in [3.05, 3.63) is 108 Å². The summed E-state index contributed by atoms with van der Waals surface area (Å²) < 4.78 is 7.05. The first-order valence-electron chi connectivity index (χ1n) is 8.51. The van der Waals surface area contributed by atoms with Gasteiger partial charge < -0.3 is 10.1 Å². The minimum atomic E-state index is -0.691. The normalized spacial score (nSPS) is 11.1.